The number of carbonyl (C=O) groups excluding carboxylic acids is 1. The van der Waals surface area contributed by atoms with Gasteiger partial charge >= 0.3 is 0 Å². The topological polar surface area (TPSA) is 29.1 Å². The van der Waals surface area contributed by atoms with Crippen LogP contribution in [0.4, 0.5) is 4.39 Å². The Bertz CT molecular complexity index is 122. The Kier molecular flexibility index (Phi) is 3.67. The van der Waals surface area contributed by atoms with E-state index in [4.69, 9.17) is 0 Å². The molecule has 0 radical (unpaired) electrons. The van der Waals surface area contributed by atoms with Gasteiger partial charge < -0.3 is 5.32 Å². The Labute approximate surface area is 53.8 Å². The maximum Gasteiger partial charge on any atom is 0.226 e. The number of halogens is 1. The number of carbonyl (C=O) groups is 1. The summed E-state index contributed by atoms with van der Waals surface area (Å²) in [5.41, 5.74) is 0. The first kappa shape index (κ1) is 8.14. The van der Waals surface area contributed by atoms with Gasteiger partial charge in [-0.3, -0.25) is 4.79 Å². The highest BCUT2D eigenvalue weighted by molar-refractivity contribution is 5.77. The van der Waals surface area contributed by atoms with Crippen LogP contribution in [0.25, 0.3) is 0 Å². The summed E-state index contributed by atoms with van der Waals surface area (Å²) in [5.74, 6) is -0.911. The van der Waals surface area contributed by atoms with E-state index in [1.165, 1.54) is 0 Å². The SMILES string of the molecule is C=C(F)CC(=O)NCC. The fraction of sp³-hybridized carbons (Fsp3) is 0.500. The lowest BCUT2D eigenvalue weighted by atomic mass is 10.4. The quantitative estimate of drug-likeness (QED) is 0.608. The first-order chi connectivity index (χ1) is 4.16. The molecule has 0 saturated heterocycles. The molecule has 1 N–H and O–H groups in total. The second-order valence-corrected chi connectivity index (χ2v) is 1.65. The van der Waals surface area contributed by atoms with Gasteiger partial charge in [0.2, 0.25) is 5.91 Å². The van der Waals surface area contributed by atoms with Gasteiger partial charge in [0.25, 0.3) is 0 Å². The van der Waals surface area contributed by atoms with Crippen LogP contribution >= 0.6 is 0 Å². The van der Waals surface area contributed by atoms with Gasteiger partial charge in [-0.25, -0.2) is 4.39 Å². The fourth-order valence-corrected chi connectivity index (χ4v) is 0.434. The van der Waals surface area contributed by atoms with Crippen LogP contribution in [0, 0.1) is 0 Å². The molecule has 3 heteroatoms. The lowest BCUT2D eigenvalue weighted by molar-refractivity contribution is -0.120. The summed E-state index contributed by atoms with van der Waals surface area (Å²) in [6.07, 6.45) is -0.214. The maximum atomic E-state index is 11.8. The maximum absolute atomic E-state index is 11.8. The predicted octanol–water partition coefficient (Wildman–Crippen LogP) is 0.996. The summed E-state index contributed by atoms with van der Waals surface area (Å²) in [6, 6.07) is 0. The van der Waals surface area contributed by atoms with E-state index in [2.05, 4.69) is 11.9 Å². The van der Waals surface area contributed by atoms with Crippen molar-refractivity contribution in [1.29, 1.82) is 0 Å². The van der Waals surface area contributed by atoms with E-state index in [0.29, 0.717) is 6.54 Å². The summed E-state index contributed by atoms with van der Waals surface area (Å²) in [5, 5.41) is 2.44. The normalized spacial score (nSPS) is 8.67. The fourth-order valence-electron chi connectivity index (χ4n) is 0.434. The molecule has 0 aromatic carbocycles. The van der Waals surface area contributed by atoms with Crippen LogP contribution in [0.3, 0.4) is 0 Å². The Morgan fingerprint density at radius 2 is 2.33 bits per heavy atom. The molecule has 0 rings (SSSR count). The van der Waals surface area contributed by atoms with Crippen LogP contribution in [-0.2, 0) is 4.79 Å². The molecule has 0 unspecified atom stereocenters. The van der Waals surface area contributed by atoms with Crippen molar-refractivity contribution < 1.29 is 9.18 Å². The van der Waals surface area contributed by atoms with Gasteiger partial charge in [-0.2, -0.15) is 0 Å². The van der Waals surface area contributed by atoms with Crippen molar-refractivity contribution >= 4 is 5.91 Å². The summed E-state index contributed by atoms with van der Waals surface area (Å²) in [6.45, 7) is 5.26. The summed E-state index contributed by atoms with van der Waals surface area (Å²) in [4.78, 5) is 10.4. The average Bonchev–Trinajstić information content (AvgIpc) is 1.63. The Morgan fingerprint density at radius 1 is 1.78 bits per heavy atom. The molecule has 2 nitrogen and oxygen atoms in total. The molecule has 0 aromatic rings. The molecule has 0 fully saturated rings. The van der Waals surface area contributed by atoms with Crippen molar-refractivity contribution in [3.8, 4) is 0 Å². The molecule has 0 aliphatic heterocycles. The zero-order valence-corrected chi connectivity index (χ0v) is 5.41. The molecule has 0 aliphatic rings. The molecular weight excluding hydrogens is 121 g/mol. The van der Waals surface area contributed by atoms with Crippen LogP contribution in [-0.4, -0.2) is 12.5 Å². The minimum atomic E-state index is -0.596. The molecule has 0 aliphatic carbocycles. The van der Waals surface area contributed by atoms with Crippen molar-refractivity contribution in [3.05, 3.63) is 12.4 Å². The van der Waals surface area contributed by atoms with Gasteiger partial charge in [-0.05, 0) is 6.92 Å². The molecule has 0 spiro atoms. The number of amides is 1. The van der Waals surface area contributed by atoms with Crippen LogP contribution in [0.5, 0.6) is 0 Å². The standard InChI is InChI=1S/C6H10FNO/c1-3-8-6(9)4-5(2)7/h2-4H2,1H3,(H,8,9). The zero-order valence-electron chi connectivity index (χ0n) is 5.41. The first-order valence-corrected chi connectivity index (χ1v) is 2.76. The Hall–Kier alpha value is -0.860. The van der Waals surface area contributed by atoms with Gasteiger partial charge in [0.1, 0.15) is 5.83 Å². The van der Waals surface area contributed by atoms with Crippen LogP contribution in [0.1, 0.15) is 13.3 Å². The van der Waals surface area contributed by atoms with Gasteiger partial charge in [-0.1, -0.05) is 6.58 Å². The van der Waals surface area contributed by atoms with E-state index in [9.17, 15) is 9.18 Å². The molecule has 1 amide bonds. The van der Waals surface area contributed by atoms with Crippen LogP contribution in [0.2, 0.25) is 0 Å². The van der Waals surface area contributed by atoms with Crippen LogP contribution < -0.4 is 5.32 Å². The third-order valence-corrected chi connectivity index (χ3v) is 0.726. The van der Waals surface area contributed by atoms with Gasteiger partial charge in [0.05, 0.1) is 6.42 Å². The van der Waals surface area contributed by atoms with E-state index in [1.54, 1.807) is 6.92 Å². The molecule has 52 valence electrons. The summed E-state index contributed by atoms with van der Waals surface area (Å²) >= 11 is 0. The Morgan fingerprint density at radius 3 is 2.67 bits per heavy atom. The third kappa shape index (κ3) is 5.00. The predicted molar refractivity (Wildman–Crippen MR) is 33.5 cm³/mol. The number of hydrogen-bond acceptors (Lipinski definition) is 1. The monoisotopic (exact) mass is 131 g/mol. The van der Waals surface area contributed by atoms with Crippen molar-refractivity contribution in [1.82, 2.24) is 5.32 Å². The van der Waals surface area contributed by atoms with E-state index < -0.39 is 5.83 Å². The van der Waals surface area contributed by atoms with E-state index in [-0.39, 0.29) is 12.3 Å². The van der Waals surface area contributed by atoms with Gasteiger partial charge in [-0.15, -0.1) is 0 Å². The lowest BCUT2D eigenvalue weighted by Gasteiger charge is -1.96. The molecule has 9 heavy (non-hydrogen) atoms. The van der Waals surface area contributed by atoms with E-state index in [0.717, 1.165) is 0 Å². The highest BCUT2D eigenvalue weighted by atomic mass is 19.1. The molecule has 0 atom stereocenters. The third-order valence-electron chi connectivity index (χ3n) is 0.726. The average molecular weight is 131 g/mol. The minimum absolute atomic E-state index is 0.214. The summed E-state index contributed by atoms with van der Waals surface area (Å²) in [7, 11) is 0. The highest BCUT2D eigenvalue weighted by Crippen LogP contribution is 1.96. The first-order valence-electron chi connectivity index (χ1n) is 2.76. The number of nitrogens with one attached hydrogen (secondary N) is 1. The van der Waals surface area contributed by atoms with Crippen molar-refractivity contribution in [2.75, 3.05) is 6.54 Å². The van der Waals surface area contributed by atoms with Gasteiger partial charge in [0.15, 0.2) is 0 Å². The number of hydrogen-bond donors (Lipinski definition) is 1. The van der Waals surface area contributed by atoms with E-state index in [1.807, 2.05) is 0 Å². The van der Waals surface area contributed by atoms with Crippen molar-refractivity contribution in [2.24, 2.45) is 0 Å². The molecule has 0 aromatic heterocycles. The minimum Gasteiger partial charge on any atom is -0.356 e. The lowest BCUT2D eigenvalue weighted by Crippen LogP contribution is -2.22. The van der Waals surface area contributed by atoms with Gasteiger partial charge in [0, 0.05) is 6.54 Å². The molecule has 0 heterocycles. The zero-order chi connectivity index (χ0) is 7.28. The molecule has 0 bridgehead atoms. The number of rotatable bonds is 3. The smallest absolute Gasteiger partial charge is 0.226 e. The van der Waals surface area contributed by atoms with Crippen molar-refractivity contribution in [3.63, 3.8) is 0 Å². The molecule has 0 saturated carbocycles. The second kappa shape index (κ2) is 4.06. The highest BCUT2D eigenvalue weighted by Gasteiger charge is 1.99. The largest absolute Gasteiger partial charge is 0.356 e. The van der Waals surface area contributed by atoms with Crippen molar-refractivity contribution in [2.45, 2.75) is 13.3 Å². The van der Waals surface area contributed by atoms with Crippen LogP contribution in [0.15, 0.2) is 12.4 Å². The Balaban J connectivity index is 3.39. The summed E-state index contributed by atoms with van der Waals surface area (Å²) < 4.78 is 11.8. The molecular formula is C6H10FNO. The second-order valence-electron chi connectivity index (χ2n) is 1.65. The van der Waals surface area contributed by atoms with E-state index >= 15 is 0 Å².